The zero-order valence-electron chi connectivity index (χ0n) is 10.9. The summed E-state index contributed by atoms with van der Waals surface area (Å²) in [5.74, 6) is 0. The van der Waals surface area contributed by atoms with Crippen molar-refractivity contribution >= 4 is 21.6 Å². The average molecular weight is 303 g/mol. The Kier molecular flexibility index (Phi) is 4.84. The van der Waals surface area contributed by atoms with Crippen LogP contribution in [-0.4, -0.2) is 26.8 Å². The van der Waals surface area contributed by atoms with E-state index in [1.165, 1.54) is 0 Å². The molecule has 2 rings (SSSR count). The zero-order valence-corrected chi connectivity index (χ0v) is 12.5. The summed E-state index contributed by atoms with van der Waals surface area (Å²) in [6.07, 6.45) is 1.61. The van der Waals surface area contributed by atoms with E-state index in [0.717, 1.165) is 18.5 Å². The first-order chi connectivity index (χ1) is 8.99. The fraction of sp³-hybridized carbons (Fsp3) is 0.538. The highest BCUT2D eigenvalue weighted by Crippen LogP contribution is 2.20. The molecule has 1 heterocycles. The summed E-state index contributed by atoms with van der Waals surface area (Å²) >= 11 is 5.92. The van der Waals surface area contributed by atoms with Crippen molar-refractivity contribution in [3.8, 4) is 0 Å². The second-order valence-corrected chi connectivity index (χ2v) is 7.34. The summed E-state index contributed by atoms with van der Waals surface area (Å²) < 4.78 is 27.3. The summed E-state index contributed by atoms with van der Waals surface area (Å²) in [6, 6.07) is 6.99. The molecule has 1 aliphatic heterocycles. The molecule has 0 aliphatic carbocycles. The minimum Gasteiger partial charge on any atom is -0.315 e. The highest BCUT2D eigenvalue weighted by Gasteiger charge is 2.28. The largest absolute Gasteiger partial charge is 0.315 e. The highest BCUT2D eigenvalue weighted by molar-refractivity contribution is 7.90. The summed E-state index contributed by atoms with van der Waals surface area (Å²) in [4.78, 5) is 0. The zero-order chi connectivity index (χ0) is 13.9. The van der Waals surface area contributed by atoms with Crippen LogP contribution in [0.15, 0.2) is 24.3 Å². The lowest BCUT2D eigenvalue weighted by Crippen LogP contribution is -2.44. The standard InChI is InChI=1S/C13H19ClN2O2S/c1-10(11-4-2-5-12(14)8-11)16-19(17,18)13-6-3-7-15-9-13/h2,4-5,8,10,13,15-16H,3,6-7,9H2,1H3. The Morgan fingerprint density at radius 1 is 1.47 bits per heavy atom. The van der Waals surface area contributed by atoms with E-state index in [-0.39, 0.29) is 11.3 Å². The molecule has 1 fully saturated rings. The lowest BCUT2D eigenvalue weighted by molar-refractivity contribution is 0.485. The molecule has 2 N–H and O–H groups in total. The Labute approximate surface area is 119 Å². The Morgan fingerprint density at radius 3 is 2.89 bits per heavy atom. The SMILES string of the molecule is CC(NS(=O)(=O)C1CCCNC1)c1cccc(Cl)c1. The molecule has 1 aromatic carbocycles. The van der Waals surface area contributed by atoms with Crippen LogP contribution < -0.4 is 10.0 Å². The van der Waals surface area contributed by atoms with E-state index >= 15 is 0 Å². The van der Waals surface area contributed by atoms with E-state index in [0.29, 0.717) is 18.0 Å². The van der Waals surface area contributed by atoms with Crippen molar-refractivity contribution in [2.75, 3.05) is 13.1 Å². The summed E-state index contributed by atoms with van der Waals surface area (Å²) in [7, 11) is -3.30. The van der Waals surface area contributed by atoms with Gasteiger partial charge in [0.2, 0.25) is 10.0 Å². The molecule has 19 heavy (non-hydrogen) atoms. The van der Waals surface area contributed by atoms with E-state index in [2.05, 4.69) is 10.0 Å². The third-order valence-electron chi connectivity index (χ3n) is 3.38. The van der Waals surface area contributed by atoms with Crippen molar-refractivity contribution in [3.63, 3.8) is 0 Å². The molecule has 0 saturated carbocycles. The molecule has 0 amide bonds. The van der Waals surface area contributed by atoms with Gasteiger partial charge in [0.05, 0.1) is 5.25 Å². The minimum absolute atomic E-state index is 0.273. The maximum Gasteiger partial charge on any atom is 0.216 e. The van der Waals surface area contributed by atoms with Crippen molar-refractivity contribution in [1.29, 1.82) is 0 Å². The van der Waals surface area contributed by atoms with Crippen LogP contribution in [-0.2, 0) is 10.0 Å². The molecule has 2 unspecified atom stereocenters. The van der Waals surface area contributed by atoms with Gasteiger partial charge in [-0.3, -0.25) is 0 Å². The van der Waals surface area contributed by atoms with Crippen molar-refractivity contribution < 1.29 is 8.42 Å². The van der Waals surface area contributed by atoms with E-state index in [1.54, 1.807) is 12.1 Å². The maximum atomic E-state index is 12.3. The first-order valence-electron chi connectivity index (χ1n) is 6.46. The predicted molar refractivity (Wildman–Crippen MR) is 77.8 cm³/mol. The van der Waals surface area contributed by atoms with E-state index in [9.17, 15) is 8.42 Å². The van der Waals surface area contributed by atoms with Gasteiger partial charge in [-0.1, -0.05) is 23.7 Å². The number of sulfonamides is 1. The molecule has 106 valence electrons. The van der Waals surface area contributed by atoms with Crippen LogP contribution in [0.2, 0.25) is 5.02 Å². The number of nitrogens with one attached hydrogen (secondary N) is 2. The van der Waals surface area contributed by atoms with Crippen molar-refractivity contribution in [3.05, 3.63) is 34.9 Å². The quantitative estimate of drug-likeness (QED) is 0.895. The molecule has 1 aliphatic rings. The Bertz CT molecular complexity index is 527. The number of hydrogen-bond acceptors (Lipinski definition) is 3. The molecule has 1 aromatic rings. The Morgan fingerprint density at radius 2 is 2.26 bits per heavy atom. The summed E-state index contributed by atoms with van der Waals surface area (Å²) in [5, 5.41) is 3.39. The summed E-state index contributed by atoms with van der Waals surface area (Å²) in [6.45, 7) is 3.26. The minimum atomic E-state index is -3.30. The van der Waals surface area contributed by atoms with Gasteiger partial charge in [0.1, 0.15) is 0 Å². The van der Waals surface area contributed by atoms with Gasteiger partial charge >= 0.3 is 0 Å². The Hall–Kier alpha value is -0.620. The van der Waals surface area contributed by atoms with Crippen LogP contribution in [0.4, 0.5) is 0 Å². The summed E-state index contributed by atoms with van der Waals surface area (Å²) in [5.41, 5.74) is 0.875. The van der Waals surface area contributed by atoms with Crippen molar-refractivity contribution in [2.24, 2.45) is 0 Å². The predicted octanol–water partition coefficient (Wildman–Crippen LogP) is 2.07. The van der Waals surface area contributed by atoms with E-state index in [1.807, 2.05) is 19.1 Å². The molecule has 2 atom stereocenters. The van der Waals surface area contributed by atoms with Gasteiger partial charge in [0, 0.05) is 17.6 Å². The van der Waals surface area contributed by atoms with Crippen LogP contribution in [0.5, 0.6) is 0 Å². The third-order valence-corrected chi connectivity index (χ3v) is 5.58. The van der Waals surface area contributed by atoms with E-state index < -0.39 is 10.0 Å². The lowest BCUT2D eigenvalue weighted by Gasteiger charge is -2.25. The second kappa shape index (κ2) is 6.22. The number of benzene rings is 1. The van der Waals surface area contributed by atoms with Crippen LogP contribution in [0.1, 0.15) is 31.4 Å². The van der Waals surface area contributed by atoms with Gasteiger partial charge in [0.15, 0.2) is 0 Å². The van der Waals surface area contributed by atoms with Crippen LogP contribution >= 0.6 is 11.6 Å². The fourth-order valence-corrected chi connectivity index (χ4v) is 4.11. The number of hydrogen-bond donors (Lipinski definition) is 2. The monoisotopic (exact) mass is 302 g/mol. The number of piperidine rings is 1. The van der Waals surface area contributed by atoms with Gasteiger partial charge in [-0.2, -0.15) is 0 Å². The molecule has 4 nitrogen and oxygen atoms in total. The topological polar surface area (TPSA) is 58.2 Å². The lowest BCUT2D eigenvalue weighted by atomic mass is 10.1. The normalized spacial score (nSPS) is 22.1. The smallest absolute Gasteiger partial charge is 0.216 e. The molecule has 0 spiro atoms. The van der Waals surface area contributed by atoms with Gasteiger partial charge < -0.3 is 5.32 Å². The Balaban J connectivity index is 2.07. The van der Waals surface area contributed by atoms with Crippen LogP contribution in [0, 0.1) is 0 Å². The molecule has 6 heteroatoms. The van der Waals surface area contributed by atoms with Gasteiger partial charge in [-0.15, -0.1) is 0 Å². The third kappa shape index (κ3) is 3.92. The average Bonchev–Trinajstić information content (AvgIpc) is 2.39. The first-order valence-corrected chi connectivity index (χ1v) is 8.39. The highest BCUT2D eigenvalue weighted by atomic mass is 35.5. The molecular weight excluding hydrogens is 284 g/mol. The fourth-order valence-electron chi connectivity index (χ4n) is 2.27. The first kappa shape index (κ1) is 14.8. The number of halogens is 1. The number of rotatable bonds is 4. The van der Waals surface area contributed by atoms with Crippen molar-refractivity contribution in [2.45, 2.75) is 31.1 Å². The van der Waals surface area contributed by atoms with Crippen molar-refractivity contribution in [1.82, 2.24) is 10.0 Å². The van der Waals surface area contributed by atoms with Gasteiger partial charge in [-0.25, -0.2) is 13.1 Å². The van der Waals surface area contributed by atoms with Crippen LogP contribution in [0.25, 0.3) is 0 Å². The molecule has 1 saturated heterocycles. The molecular formula is C13H19ClN2O2S. The maximum absolute atomic E-state index is 12.3. The molecule has 0 radical (unpaired) electrons. The van der Waals surface area contributed by atoms with Gasteiger partial charge in [0.25, 0.3) is 0 Å². The molecule has 0 aromatic heterocycles. The van der Waals surface area contributed by atoms with E-state index in [4.69, 9.17) is 11.6 Å². The second-order valence-electron chi connectivity index (χ2n) is 4.91. The van der Waals surface area contributed by atoms with Gasteiger partial charge in [-0.05, 0) is 44.0 Å². The molecule has 0 bridgehead atoms. The van der Waals surface area contributed by atoms with Crippen LogP contribution in [0.3, 0.4) is 0 Å².